The number of aryl methyl sites for hydroxylation is 1. The molecule has 0 radical (unpaired) electrons. The van der Waals surface area contributed by atoms with Crippen LogP contribution in [0.5, 0.6) is 5.75 Å². The number of hydrogen-bond acceptors (Lipinski definition) is 4. The second-order valence-corrected chi connectivity index (χ2v) is 7.54. The van der Waals surface area contributed by atoms with E-state index in [9.17, 15) is 8.42 Å². The van der Waals surface area contributed by atoms with Gasteiger partial charge >= 0.3 is 0 Å². The molecule has 1 aliphatic rings. The Balaban J connectivity index is 2.04. The zero-order valence-corrected chi connectivity index (χ0v) is 14.1. The Bertz CT molecular complexity index is 791. The normalized spacial score (nSPS) is 19.0. The van der Waals surface area contributed by atoms with Crippen molar-refractivity contribution >= 4 is 10.0 Å². The van der Waals surface area contributed by atoms with E-state index < -0.39 is 10.0 Å². The minimum Gasteiger partial charge on any atom is -0.495 e. The van der Waals surface area contributed by atoms with Gasteiger partial charge in [-0.1, -0.05) is 12.1 Å². The van der Waals surface area contributed by atoms with E-state index in [2.05, 4.69) is 4.98 Å². The second kappa shape index (κ2) is 6.29. The maximum Gasteiger partial charge on any atom is 0.247 e. The Hall–Kier alpha value is -1.92. The Kier molecular flexibility index (Phi) is 4.37. The average Bonchev–Trinajstić information content (AvgIpc) is 3.06. The van der Waals surface area contributed by atoms with Gasteiger partial charge in [0.15, 0.2) is 0 Å². The van der Waals surface area contributed by atoms with Crippen LogP contribution in [0.3, 0.4) is 0 Å². The number of sulfonamides is 1. The van der Waals surface area contributed by atoms with E-state index in [4.69, 9.17) is 4.74 Å². The van der Waals surface area contributed by atoms with Crippen LogP contribution in [0.25, 0.3) is 0 Å². The number of nitrogens with zero attached hydrogens (tertiary/aromatic N) is 2. The monoisotopic (exact) mass is 332 g/mol. The lowest BCUT2D eigenvalue weighted by molar-refractivity contribution is 0.377. The number of ether oxygens (including phenoxy) is 1. The van der Waals surface area contributed by atoms with Crippen molar-refractivity contribution in [1.29, 1.82) is 0 Å². The molecular weight excluding hydrogens is 312 g/mol. The zero-order valence-electron chi connectivity index (χ0n) is 13.3. The molecule has 23 heavy (non-hydrogen) atoms. The number of methoxy groups -OCH3 is 1. The second-order valence-electron chi connectivity index (χ2n) is 5.68. The van der Waals surface area contributed by atoms with Crippen LogP contribution in [0.15, 0.2) is 47.5 Å². The van der Waals surface area contributed by atoms with Crippen molar-refractivity contribution in [3.8, 4) is 5.75 Å². The van der Waals surface area contributed by atoms with Crippen LogP contribution >= 0.6 is 0 Å². The van der Waals surface area contributed by atoms with Gasteiger partial charge in [0, 0.05) is 12.7 Å². The van der Waals surface area contributed by atoms with Crippen LogP contribution in [-0.4, -0.2) is 31.4 Å². The molecule has 0 bridgehead atoms. The zero-order chi connectivity index (χ0) is 16.4. The summed E-state index contributed by atoms with van der Waals surface area (Å²) in [6, 6.07) is 10.6. The highest BCUT2D eigenvalue weighted by Crippen LogP contribution is 2.38. The summed E-state index contributed by atoms with van der Waals surface area (Å²) in [7, 11) is -2.14. The van der Waals surface area contributed by atoms with Crippen LogP contribution in [-0.2, 0) is 10.0 Å². The average molecular weight is 332 g/mol. The maximum atomic E-state index is 13.2. The standard InChI is InChI=1S/C17H20N2O3S/c1-13-8-9-16(22-2)17(12-13)23(20,21)19-11-5-7-15(19)14-6-3-4-10-18-14/h3-4,6,8-10,12,15H,5,7,11H2,1-2H3. The number of hydrogen-bond donors (Lipinski definition) is 0. The van der Waals surface area contributed by atoms with Gasteiger partial charge in [0.1, 0.15) is 10.6 Å². The summed E-state index contributed by atoms with van der Waals surface area (Å²) in [4.78, 5) is 4.57. The smallest absolute Gasteiger partial charge is 0.247 e. The summed E-state index contributed by atoms with van der Waals surface area (Å²) < 4.78 is 33.2. The molecule has 3 rings (SSSR count). The van der Waals surface area contributed by atoms with Gasteiger partial charge in [-0.2, -0.15) is 4.31 Å². The number of pyridine rings is 1. The predicted octanol–water partition coefficient (Wildman–Crippen LogP) is 2.92. The molecule has 0 spiro atoms. The van der Waals surface area contributed by atoms with E-state index in [-0.39, 0.29) is 10.9 Å². The molecule has 5 nitrogen and oxygen atoms in total. The molecular formula is C17H20N2O3S. The minimum absolute atomic E-state index is 0.216. The molecule has 0 aliphatic carbocycles. The summed E-state index contributed by atoms with van der Waals surface area (Å²) in [5.74, 6) is 0.377. The molecule has 0 N–H and O–H groups in total. The third-order valence-electron chi connectivity index (χ3n) is 4.14. The molecule has 1 fully saturated rings. The Morgan fingerprint density at radius 1 is 1.26 bits per heavy atom. The van der Waals surface area contributed by atoms with Gasteiger partial charge < -0.3 is 4.74 Å². The highest BCUT2D eigenvalue weighted by Gasteiger charge is 2.38. The third-order valence-corrected chi connectivity index (χ3v) is 6.07. The van der Waals surface area contributed by atoms with Crippen molar-refractivity contribution in [1.82, 2.24) is 9.29 Å². The largest absolute Gasteiger partial charge is 0.495 e. The fourth-order valence-electron chi connectivity index (χ4n) is 3.01. The van der Waals surface area contributed by atoms with Crippen LogP contribution in [0.4, 0.5) is 0 Å². The third kappa shape index (κ3) is 2.96. The van der Waals surface area contributed by atoms with E-state index in [0.717, 1.165) is 24.1 Å². The molecule has 2 aromatic rings. The lowest BCUT2D eigenvalue weighted by Crippen LogP contribution is -2.31. The number of rotatable bonds is 4. The SMILES string of the molecule is COc1ccc(C)cc1S(=O)(=O)N1CCCC1c1ccccn1. The van der Waals surface area contributed by atoms with Gasteiger partial charge in [0.25, 0.3) is 0 Å². The molecule has 2 heterocycles. The van der Waals surface area contributed by atoms with Crippen molar-refractivity contribution in [3.05, 3.63) is 53.9 Å². The first-order valence-corrected chi connectivity index (χ1v) is 9.05. The fraction of sp³-hybridized carbons (Fsp3) is 0.353. The summed E-state index contributed by atoms with van der Waals surface area (Å²) in [5, 5.41) is 0. The highest BCUT2D eigenvalue weighted by molar-refractivity contribution is 7.89. The molecule has 1 aliphatic heterocycles. The molecule has 0 amide bonds. The summed E-state index contributed by atoms with van der Waals surface area (Å²) in [5.41, 5.74) is 1.68. The summed E-state index contributed by atoms with van der Waals surface area (Å²) >= 11 is 0. The van der Waals surface area contributed by atoms with E-state index in [1.165, 1.54) is 7.11 Å². The molecule has 1 saturated heterocycles. The highest BCUT2D eigenvalue weighted by atomic mass is 32.2. The van der Waals surface area contributed by atoms with Gasteiger partial charge in [0.2, 0.25) is 10.0 Å². The van der Waals surface area contributed by atoms with Gasteiger partial charge in [-0.3, -0.25) is 4.98 Å². The lowest BCUT2D eigenvalue weighted by atomic mass is 10.1. The lowest BCUT2D eigenvalue weighted by Gasteiger charge is -2.24. The predicted molar refractivity (Wildman–Crippen MR) is 87.8 cm³/mol. The van der Waals surface area contributed by atoms with Crippen molar-refractivity contribution in [2.24, 2.45) is 0 Å². The van der Waals surface area contributed by atoms with Crippen molar-refractivity contribution < 1.29 is 13.2 Å². The van der Waals surface area contributed by atoms with E-state index >= 15 is 0 Å². The minimum atomic E-state index is -3.63. The van der Waals surface area contributed by atoms with Gasteiger partial charge in [-0.25, -0.2) is 8.42 Å². The van der Waals surface area contributed by atoms with Gasteiger partial charge in [-0.15, -0.1) is 0 Å². The molecule has 1 unspecified atom stereocenters. The maximum absolute atomic E-state index is 13.2. The molecule has 1 aromatic heterocycles. The fourth-order valence-corrected chi connectivity index (χ4v) is 4.92. The molecule has 1 aromatic carbocycles. The molecule has 1 atom stereocenters. The van der Waals surface area contributed by atoms with E-state index in [1.807, 2.05) is 31.2 Å². The van der Waals surface area contributed by atoms with Crippen molar-refractivity contribution in [2.45, 2.75) is 30.7 Å². The van der Waals surface area contributed by atoms with E-state index in [0.29, 0.717) is 12.3 Å². The van der Waals surface area contributed by atoms with Crippen LogP contribution in [0, 0.1) is 6.92 Å². The molecule has 122 valence electrons. The topological polar surface area (TPSA) is 59.5 Å². The first kappa shape index (κ1) is 16.0. The van der Waals surface area contributed by atoms with Crippen molar-refractivity contribution in [2.75, 3.05) is 13.7 Å². The molecule has 0 saturated carbocycles. The quantitative estimate of drug-likeness (QED) is 0.864. The first-order valence-electron chi connectivity index (χ1n) is 7.61. The van der Waals surface area contributed by atoms with Crippen LogP contribution in [0.2, 0.25) is 0 Å². The first-order chi connectivity index (χ1) is 11.0. The number of aromatic nitrogens is 1. The Morgan fingerprint density at radius 3 is 2.78 bits per heavy atom. The van der Waals surface area contributed by atoms with Crippen LogP contribution in [0.1, 0.15) is 30.1 Å². The van der Waals surface area contributed by atoms with Gasteiger partial charge in [-0.05, 0) is 49.6 Å². The number of benzene rings is 1. The summed E-state index contributed by atoms with van der Waals surface area (Å²) in [6.45, 7) is 2.37. The van der Waals surface area contributed by atoms with E-state index in [1.54, 1.807) is 22.6 Å². The Morgan fingerprint density at radius 2 is 2.09 bits per heavy atom. The Labute approximate surface area is 137 Å². The summed E-state index contributed by atoms with van der Waals surface area (Å²) in [6.07, 6.45) is 3.31. The van der Waals surface area contributed by atoms with Crippen LogP contribution < -0.4 is 4.74 Å². The van der Waals surface area contributed by atoms with Gasteiger partial charge in [0.05, 0.1) is 18.8 Å². The molecule has 6 heteroatoms. The van der Waals surface area contributed by atoms with Crippen molar-refractivity contribution in [3.63, 3.8) is 0 Å².